The van der Waals surface area contributed by atoms with Crippen LogP contribution in [0, 0.1) is 5.92 Å². The molecule has 0 radical (unpaired) electrons. The fraction of sp³-hybridized carbons (Fsp3) is 1.00. The molecule has 4 heteroatoms. The highest BCUT2D eigenvalue weighted by Gasteiger charge is 2.26. The molecule has 0 saturated carbocycles. The third-order valence-electron chi connectivity index (χ3n) is 3.95. The van der Waals surface area contributed by atoms with Crippen LogP contribution in [0.2, 0.25) is 0 Å². The lowest BCUT2D eigenvalue weighted by Gasteiger charge is -2.39. The van der Waals surface area contributed by atoms with Crippen LogP contribution in [-0.4, -0.2) is 87.8 Å². The summed E-state index contributed by atoms with van der Waals surface area (Å²) in [6.45, 7) is 10.8. The van der Waals surface area contributed by atoms with Gasteiger partial charge >= 0.3 is 0 Å². The van der Waals surface area contributed by atoms with Crippen LogP contribution >= 0.6 is 0 Å². The van der Waals surface area contributed by atoms with Crippen molar-refractivity contribution in [3.8, 4) is 0 Å². The van der Waals surface area contributed by atoms with Crippen LogP contribution in [0.25, 0.3) is 0 Å². The standard InChI is InChI=1S/C13H27N3O/c1-14-10-13(11-14)12-16-5-3-4-15(6-7-16)8-9-17-2/h13H,3-12H2,1-2H3. The summed E-state index contributed by atoms with van der Waals surface area (Å²) in [7, 11) is 4.00. The van der Waals surface area contributed by atoms with Crippen molar-refractivity contribution in [1.29, 1.82) is 0 Å². The van der Waals surface area contributed by atoms with Crippen molar-refractivity contribution in [3.63, 3.8) is 0 Å². The molecular formula is C13H27N3O. The molecule has 2 rings (SSSR count). The number of hydrogen-bond donors (Lipinski definition) is 0. The Morgan fingerprint density at radius 3 is 2.47 bits per heavy atom. The number of methoxy groups -OCH3 is 1. The fourth-order valence-electron chi connectivity index (χ4n) is 2.96. The van der Waals surface area contributed by atoms with Crippen LogP contribution in [0.5, 0.6) is 0 Å². The van der Waals surface area contributed by atoms with Gasteiger partial charge in [0.25, 0.3) is 0 Å². The molecule has 0 atom stereocenters. The number of rotatable bonds is 5. The van der Waals surface area contributed by atoms with Gasteiger partial charge in [-0.2, -0.15) is 0 Å². The van der Waals surface area contributed by atoms with Crippen LogP contribution in [-0.2, 0) is 4.74 Å². The summed E-state index contributed by atoms with van der Waals surface area (Å²) in [6, 6.07) is 0. The zero-order valence-corrected chi connectivity index (χ0v) is 11.4. The van der Waals surface area contributed by atoms with Gasteiger partial charge in [-0.15, -0.1) is 0 Å². The minimum absolute atomic E-state index is 0.868. The molecule has 2 fully saturated rings. The highest BCUT2D eigenvalue weighted by atomic mass is 16.5. The number of hydrogen-bond acceptors (Lipinski definition) is 4. The van der Waals surface area contributed by atoms with E-state index in [9.17, 15) is 0 Å². The quantitative estimate of drug-likeness (QED) is 0.684. The molecule has 0 aliphatic carbocycles. The number of ether oxygens (including phenoxy) is 1. The van der Waals surface area contributed by atoms with E-state index in [0.717, 1.165) is 19.1 Å². The van der Waals surface area contributed by atoms with Crippen molar-refractivity contribution in [2.24, 2.45) is 5.92 Å². The van der Waals surface area contributed by atoms with Gasteiger partial charge in [0.1, 0.15) is 0 Å². The van der Waals surface area contributed by atoms with Gasteiger partial charge < -0.3 is 14.5 Å². The zero-order chi connectivity index (χ0) is 12.1. The van der Waals surface area contributed by atoms with Crippen molar-refractivity contribution >= 4 is 0 Å². The molecule has 0 aromatic carbocycles. The van der Waals surface area contributed by atoms with E-state index < -0.39 is 0 Å². The second-order valence-corrected chi connectivity index (χ2v) is 5.58. The Labute approximate surface area is 105 Å². The Kier molecular flexibility index (Phi) is 5.22. The predicted octanol–water partition coefficient (Wildman–Crippen LogP) is 0.202. The maximum Gasteiger partial charge on any atom is 0.0589 e. The SMILES string of the molecule is COCCN1CCCN(CC2CN(C)C2)CC1. The molecule has 100 valence electrons. The van der Waals surface area contributed by atoms with Gasteiger partial charge in [-0.25, -0.2) is 0 Å². The summed E-state index contributed by atoms with van der Waals surface area (Å²) in [5.74, 6) is 0.922. The van der Waals surface area contributed by atoms with Crippen molar-refractivity contribution < 1.29 is 4.74 Å². The van der Waals surface area contributed by atoms with E-state index in [1.165, 1.54) is 52.2 Å². The Hall–Kier alpha value is -0.160. The molecule has 4 nitrogen and oxygen atoms in total. The number of nitrogens with zero attached hydrogens (tertiary/aromatic N) is 3. The van der Waals surface area contributed by atoms with Gasteiger partial charge in [-0.05, 0) is 32.5 Å². The highest BCUT2D eigenvalue weighted by Crippen LogP contribution is 2.15. The van der Waals surface area contributed by atoms with E-state index in [1.807, 2.05) is 0 Å². The Morgan fingerprint density at radius 2 is 1.76 bits per heavy atom. The summed E-state index contributed by atoms with van der Waals surface area (Å²) in [5.41, 5.74) is 0. The van der Waals surface area contributed by atoms with Crippen molar-refractivity contribution in [2.75, 3.05) is 73.1 Å². The van der Waals surface area contributed by atoms with Crippen molar-refractivity contribution in [1.82, 2.24) is 14.7 Å². The van der Waals surface area contributed by atoms with E-state index in [2.05, 4.69) is 21.7 Å². The highest BCUT2D eigenvalue weighted by molar-refractivity contribution is 4.81. The molecule has 0 bridgehead atoms. The smallest absolute Gasteiger partial charge is 0.0589 e. The van der Waals surface area contributed by atoms with Gasteiger partial charge in [-0.3, -0.25) is 4.90 Å². The number of likely N-dealkylation sites (tertiary alicyclic amines) is 1. The van der Waals surface area contributed by atoms with Crippen LogP contribution in [0.1, 0.15) is 6.42 Å². The second-order valence-electron chi connectivity index (χ2n) is 5.58. The van der Waals surface area contributed by atoms with Crippen molar-refractivity contribution in [3.05, 3.63) is 0 Å². The first-order chi connectivity index (χ1) is 8.28. The van der Waals surface area contributed by atoms with Gasteiger partial charge in [-0.1, -0.05) is 0 Å². The average molecular weight is 241 g/mol. The van der Waals surface area contributed by atoms with E-state index >= 15 is 0 Å². The van der Waals surface area contributed by atoms with Crippen LogP contribution in [0.15, 0.2) is 0 Å². The molecule has 2 heterocycles. The zero-order valence-electron chi connectivity index (χ0n) is 11.4. The first-order valence-electron chi connectivity index (χ1n) is 6.90. The molecule has 0 aromatic rings. The molecule has 2 aliphatic heterocycles. The van der Waals surface area contributed by atoms with Gasteiger partial charge in [0, 0.05) is 46.4 Å². The topological polar surface area (TPSA) is 19.0 Å². The van der Waals surface area contributed by atoms with Gasteiger partial charge in [0.2, 0.25) is 0 Å². The molecule has 2 saturated heterocycles. The second kappa shape index (κ2) is 6.69. The Bertz CT molecular complexity index is 219. The molecule has 0 N–H and O–H groups in total. The summed E-state index contributed by atoms with van der Waals surface area (Å²) in [6.07, 6.45) is 1.31. The van der Waals surface area contributed by atoms with E-state index in [-0.39, 0.29) is 0 Å². The molecular weight excluding hydrogens is 214 g/mol. The maximum absolute atomic E-state index is 5.15. The normalized spacial score (nSPS) is 25.8. The first kappa shape index (κ1) is 13.3. The first-order valence-corrected chi connectivity index (χ1v) is 6.90. The van der Waals surface area contributed by atoms with Crippen LogP contribution in [0.4, 0.5) is 0 Å². The molecule has 0 amide bonds. The largest absolute Gasteiger partial charge is 0.383 e. The van der Waals surface area contributed by atoms with Gasteiger partial charge in [0.15, 0.2) is 0 Å². The lowest BCUT2D eigenvalue weighted by atomic mass is 10.0. The predicted molar refractivity (Wildman–Crippen MR) is 70.4 cm³/mol. The lowest BCUT2D eigenvalue weighted by Crippen LogP contribution is -2.49. The molecule has 17 heavy (non-hydrogen) atoms. The summed E-state index contributed by atoms with van der Waals surface area (Å²) in [5, 5.41) is 0. The van der Waals surface area contributed by atoms with Crippen molar-refractivity contribution in [2.45, 2.75) is 6.42 Å². The fourth-order valence-corrected chi connectivity index (χ4v) is 2.96. The molecule has 2 aliphatic rings. The molecule has 0 unspecified atom stereocenters. The van der Waals surface area contributed by atoms with E-state index in [4.69, 9.17) is 4.74 Å². The summed E-state index contributed by atoms with van der Waals surface area (Å²) >= 11 is 0. The molecule has 0 spiro atoms. The Morgan fingerprint density at radius 1 is 1.06 bits per heavy atom. The monoisotopic (exact) mass is 241 g/mol. The minimum Gasteiger partial charge on any atom is -0.383 e. The van der Waals surface area contributed by atoms with Gasteiger partial charge in [0.05, 0.1) is 6.61 Å². The third kappa shape index (κ3) is 4.21. The van der Waals surface area contributed by atoms with E-state index in [1.54, 1.807) is 7.11 Å². The van der Waals surface area contributed by atoms with Crippen LogP contribution in [0.3, 0.4) is 0 Å². The van der Waals surface area contributed by atoms with E-state index in [0.29, 0.717) is 0 Å². The summed E-state index contributed by atoms with van der Waals surface area (Å²) < 4.78 is 5.15. The third-order valence-corrected chi connectivity index (χ3v) is 3.95. The Balaban J connectivity index is 1.65. The summed E-state index contributed by atoms with van der Waals surface area (Å²) in [4.78, 5) is 7.61. The minimum atomic E-state index is 0.868. The average Bonchev–Trinajstić information content (AvgIpc) is 2.50. The van der Waals surface area contributed by atoms with Crippen LogP contribution < -0.4 is 0 Å². The molecule has 0 aromatic heterocycles. The maximum atomic E-state index is 5.15. The lowest BCUT2D eigenvalue weighted by molar-refractivity contribution is 0.0910.